The summed E-state index contributed by atoms with van der Waals surface area (Å²) in [5, 5.41) is 4.67. The number of hydrogen-bond acceptors (Lipinski definition) is 2. The van der Waals surface area contributed by atoms with Crippen LogP contribution in [0.1, 0.15) is 0 Å². The topological polar surface area (TPSA) is 17.3 Å². The van der Waals surface area contributed by atoms with Gasteiger partial charge in [0.2, 0.25) is 0 Å². The molecule has 0 bridgehead atoms. The van der Waals surface area contributed by atoms with Crippen molar-refractivity contribution < 1.29 is 0 Å². The van der Waals surface area contributed by atoms with Crippen molar-refractivity contribution in [2.75, 3.05) is 0 Å². The second-order valence-electron chi connectivity index (χ2n) is 2.18. The molecule has 0 fully saturated rings. The van der Waals surface area contributed by atoms with Crippen molar-refractivity contribution in [1.29, 1.82) is 0 Å². The molecule has 0 radical (unpaired) electrons. The summed E-state index contributed by atoms with van der Waals surface area (Å²) in [5.41, 5.74) is 0.888. The Hall–Kier alpha value is 0.330. The van der Waals surface area contributed by atoms with Crippen molar-refractivity contribution in [2.24, 2.45) is 0 Å². The summed E-state index contributed by atoms with van der Waals surface area (Å²) >= 11 is 10.1. The van der Waals surface area contributed by atoms with Crippen molar-refractivity contribution in [3.63, 3.8) is 0 Å². The molecule has 0 saturated heterocycles. The monoisotopic (exact) mass is 208 g/mol. The molecule has 2 rings (SSSR count). The van der Waals surface area contributed by atoms with Gasteiger partial charge in [-0.3, -0.25) is 0 Å². The van der Waals surface area contributed by atoms with Crippen molar-refractivity contribution >= 4 is 59.3 Å². The summed E-state index contributed by atoms with van der Waals surface area (Å²) in [5.74, 6) is 0. The first-order valence-electron chi connectivity index (χ1n) is 3.10. The number of halogens is 1. The van der Waals surface area contributed by atoms with E-state index in [1.54, 1.807) is 10.7 Å². The molecule has 0 aromatic carbocycles. The first-order valence-corrected chi connectivity index (χ1v) is 3.92. The van der Waals surface area contributed by atoms with Crippen molar-refractivity contribution in [1.82, 2.24) is 9.61 Å². The first kappa shape index (κ1) is 10.4. The normalized spacial score (nSPS) is 9.83. The molecule has 12 heavy (non-hydrogen) atoms. The molecule has 0 N–H and O–H groups in total. The number of fused-ring (bicyclic) bond motifs is 1. The zero-order valence-electron chi connectivity index (χ0n) is 5.53. The van der Waals surface area contributed by atoms with E-state index in [4.69, 9.17) is 11.6 Å². The van der Waals surface area contributed by atoms with Gasteiger partial charge in [0.05, 0.1) is 16.7 Å². The van der Waals surface area contributed by atoms with Crippen LogP contribution in [0.5, 0.6) is 0 Å². The van der Waals surface area contributed by atoms with Crippen LogP contribution in [0.2, 0.25) is 5.02 Å². The molecule has 2 heterocycles. The standard InChI is InChI=1S/C7H5ClN2S.Na.H/c8-7-5-1-3-9-10(5)4-2-6(7)11;;/h1-4,11H;;. The molecular formula is C7H6ClN2NaS. The molecule has 2 aromatic heterocycles. The van der Waals surface area contributed by atoms with E-state index < -0.39 is 0 Å². The van der Waals surface area contributed by atoms with Gasteiger partial charge in [-0.2, -0.15) is 5.10 Å². The van der Waals surface area contributed by atoms with Crippen LogP contribution in [-0.4, -0.2) is 39.2 Å². The van der Waals surface area contributed by atoms with Gasteiger partial charge in [-0.1, -0.05) is 11.6 Å². The number of nitrogens with zero attached hydrogens (tertiary/aromatic N) is 2. The molecule has 0 unspecified atom stereocenters. The van der Waals surface area contributed by atoms with E-state index in [0.29, 0.717) is 5.02 Å². The third kappa shape index (κ3) is 1.65. The maximum absolute atomic E-state index is 5.93. The molecule has 2 aromatic rings. The van der Waals surface area contributed by atoms with E-state index >= 15 is 0 Å². The third-order valence-electron chi connectivity index (χ3n) is 1.49. The Bertz CT molecular complexity index is 401. The molecule has 0 aliphatic carbocycles. The molecule has 5 heteroatoms. The number of hydrogen-bond donors (Lipinski definition) is 1. The van der Waals surface area contributed by atoms with Gasteiger partial charge >= 0.3 is 29.6 Å². The number of pyridine rings is 1. The summed E-state index contributed by atoms with van der Waals surface area (Å²) in [6.45, 7) is 0. The van der Waals surface area contributed by atoms with Crippen LogP contribution in [-0.2, 0) is 0 Å². The number of thiol groups is 1. The van der Waals surface area contributed by atoms with Gasteiger partial charge in [0.1, 0.15) is 0 Å². The van der Waals surface area contributed by atoms with E-state index in [0.717, 1.165) is 10.4 Å². The summed E-state index contributed by atoms with van der Waals surface area (Å²) in [6.07, 6.45) is 3.53. The fraction of sp³-hybridized carbons (Fsp3) is 0. The van der Waals surface area contributed by atoms with Crippen LogP contribution in [0.15, 0.2) is 29.4 Å². The number of aromatic nitrogens is 2. The summed E-state index contributed by atoms with van der Waals surface area (Å²) in [4.78, 5) is 0.777. The van der Waals surface area contributed by atoms with Gasteiger partial charge in [0.25, 0.3) is 0 Å². The minimum absolute atomic E-state index is 0. The van der Waals surface area contributed by atoms with E-state index in [1.807, 2.05) is 18.3 Å². The maximum atomic E-state index is 5.93. The Morgan fingerprint density at radius 3 is 2.92 bits per heavy atom. The molecule has 0 saturated carbocycles. The van der Waals surface area contributed by atoms with Crippen LogP contribution >= 0.6 is 24.2 Å². The van der Waals surface area contributed by atoms with Gasteiger partial charge in [0.15, 0.2) is 0 Å². The summed E-state index contributed by atoms with van der Waals surface area (Å²) in [6, 6.07) is 3.66. The molecule has 0 atom stereocenters. The Morgan fingerprint density at radius 2 is 2.17 bits per heavy atom. The average molecular weight is 209 g/mol. The Morgan fingerprint density at radius 1 is 1.42 bits per heavy atom. The van der Waals surface area contributed by atoms with Crippen LogP contribution in [0.3, 0.4) is 0 Å². The predicted molar refractivity (Wildman–Crippen MR) is 54.6 cm³/mol. The average Bonchev–Trinajstić information content (AvgIpc) is 2.45. The van der Waals surface area contributed by atoms with Gasteiger partial charge in [0, 0.05) is 11.1 Å². The van der Waals surface area contributed by atoms with Crippen LogP contribution in [0.25, 0.3) is 5.52 Å². The van der Waals surface area contributed by atoms with Crippen molar-refractivity contribution in [3.8, 4) is 0 Å². The summed E-state index contributed by atoms with van der Waals surface area (Å²) < 4.78 is 1.71. The quantitative estimate of drug-likeness (QED) is 0.515. The fourth-order valence-corrected chi connectivity index (χ4v) is 1.35. The Kier molecular flexibility index (Phi) is 3.49. The van der Waals surface area contributed by atoms with Gasteiger partial charge in [-0.25, -0.2) is 4.52 Å². The fourth-order valence-electron chi connectivity index (χ4n) is 0.952. The first-order chi connectivity index (χ1) is 5.29. The van der Waals surface area contributed by atoms with E-state index in [1.165, 1.54) is 0 Å². The van der Waals surface area contributed by atoms with Gasteiger partial charge < -0.3 is 0 Å². The predicted octanol–water partition coefficient (Wildman–Crippen LogP) is 1.63. The SMILES string of the molecule is Sc1ccn2nccc2c1Cl.[NaH]. The second-order valence-corrected chi connectivity index (χ2v) is 3.04. The zero-order valence-corrected chi connectivity index (χ0v) is 7.18. The molecule has 0 spiro atoms. The molecule has 0 amide bonds. The Labute approximate surface area is 103 Å². The van der Waals surface area contributed by atoms with Gasteiger partial charge in [-0.05, 0) is 12.1 Å². The molecule has 0 aliphatic heterocycles. The van der Waals surface area contributed by atoms with Crippen molar-refractivity contribution in [2.45, 2.75) is 4.90 Å². The van der Waals surface area contributed by atoms with Crippen LogP contribution in [0, 0.1) is 0 Å². The zero-order chi connectivity index (χ0) is 7.84. The molecule has 2 nitrogen and oxygen atoms in total. The van der Waals surface area contributed by atoms with Crippen LogP contribution in [0.4, 0.5) is 0 Å². The second kappa shape index (κ2) is 4.03. The molecule has 0 aliphatic rings. The third-order valence-corrected chi connectivity index (χ3v) is 2.40. The van der Waals surface area contributed by atoms with Gasteiger partial charge in [-0.15, -0.1) is 12.6 Å². The molecule has 58 valence electrons. The summed E-state index contributed by atoms with van der Waals surface area (Å²) in [7, 11) is 0. The van der Waals surface area contributed by atoms with E-state index in [-0.39, 0.29) is 29.6 Å². The van der Waals surface area contributed by atoms with E-state index in [9.17, 15) is 0 Å². The van der Waals surface area contributed by atoms with Crippen molar-refractivity contribution in [3.05, 3.63) is 29.5 Å². The van der Waals surface area contributed by atoms with Crippen LogP contribution < -0.4 is 0 Å². The number of rotatable bonds is 0. The van der Waals surface area contributed by atoms with E-state index in [2.05, 4.69) is 17.7 Å². The Balaban J connectivity index is 0.000000720. The molecular weight excluding hydrogens is 203 g/mol. The minimum atomic E-state index is 0.